The number of nitrogens with zero attached hydrogens (tertiary/aromatic N) is 1. The molecule has 3 aromatic rings. The number of nitrogens with one attached hydrogen (secondary N) is 5. The van der Waals surface area contributed by atoms with E-state index in [-0.39, 0.29) is 108 Å². The van der Waals surface area contributed by atoms with Gasteiger partial charge < -0.3 is 60.8 Å². The van der Waals surface area contributed by atoms with Gasteiger partial charge in [0.1, 0.15) is 30.6 Å². The lowest BCUT2D eigenvalue weighted by atomic mass is 9.89. The van der Waals surface area contributed by atoms with Gasteiger partial charge in [-0.2, -0.15) is 0 Å². The number of Topliss-reactive ketones (excluding diaryl/α,β-unsaturated/α-hetero) is 1. The third-order valence-corrected chi connectivity index (χ3v) is 16.3. The van der Waals surface area contributed by atoms with Crippen LogP contribution in [0.3, 0.4) is 0 Å². The number of anilines is 1. The summed E-state index contributed by atoms with van der Waals surface area (Å²) in [7, 11) is 1.48. The van der Waals surface area contributed by atoms with E-state index in [9.17, 15) is 57.5 Å². The van der Waals surface area contributed by atoms with Gasteiger partial charge in [0.25, 0.3) is 11.8 Å². The third-order valence-electron chi connectivity index (χ3n) is 16.0. The second kappa shape index (κ2) is 34.8. The van der Waals surface area contributed by atoms with E-state index in [1.165, 1.54) is 13.2 Å². The van der Waals surface area contributed by atoms with Crippen LogP contribution in [-0.4, -0.2) is 127 Å². The van der Waals surface area contributed by atoms with Gasteiger partial charge in [-0.25, -0.2) is 14.4 Å². The van der Waals surface area contributed by atoms with Crippen molar-refractivity contribution in [3.05, 3.63) is 106 Å². The number of aryl methyl sites for hydroxylation is 1. The van der Waals surface area contributed by atoms with Gasteiger partial charge in [0, 0.05) is 82.0 Å². The van der Waals surface area contributed by atoms with Crippen LogP contribution in [0.25, 0.3) is 0 Å². The van der Waals surface area contributed by atoms with Crippen molar-refractivity contribution in [3.63, 3.8) is 0 Å². The molecule has 3 heterocycles. The summed E-state index contributed by atoms with van der Waals surface area (Å²) in [6.45, 7) is 12.2. The number of hydrogen-bond donors (Lipinski definition) is 6. The molecule has 26 heteroatoms. The van der Waals surface area contributed by atoms with E-state index in [0.29, 0.717) is 45.5 Å². The average Bonchev–Trinajstić information content (AvgIpc) is 1.64. The molecule has 0 aliphatic carbocycles. The summed E-state index contributed by atoms with van der Waals surface area (Å²) in [5.74, 6) is -7.92. The molecule has 6 rings (SSSR count). The molecule has 7 N–H and O–H groups in total. The molecule has 8 atom stereocenters. The predicted molar refractivity (Wildman–Crippen MR) is 338 cm³/mol. The lowest BCUT2D eigenvalue weighted by molar-refractivity contribution is -0.197. The minimum atomic E-state index is -1.29. The van der Waals surface area contributed by atoms with Crippen LogP contribution in [0.5, 0.6) is 5.75 Å². The minimum Gasteiger partial charge on any atom is -0.495 e. The Bertz CT molecular complexity index is 3210. The lowest BCUT2D eigenvalue weighted by Crippen LogP contribution is -2.51. The summed E-state index contributed by atoms with van der Waals surface area (Å²) in [6.07, 6.45) is 0.405. The van der Waals surface area contributed by atoms with Gasteiger partial charge in [0.15, 0.2) is 11.9 Å². The van der Waals surface area contributed by atoms with E-state index in [1.807, 2.05) is 45.0 Å². The Morgan fingerprint density at radius 1 is 0.828 bits per heavy atom. The molecule has 1 unspecified atom stereocenters. The zero-order valence-corrected chi connectivity index (χ0v) is 54.6. The second-order valence-electron chi connectivity index (χ2n) is 24.9. The molecule has 3 aliphatic rings. The van der Waals surface area contributed by atoms with Crippen LogP contribution in [0.4, 0.5) is 10.5 Å². The summed E-state index contributed by atoms with van der Waals surface area (Å²) in [5.41, 5.74) is 7.32. The SMILES string of the molecule is COc1ccc(C[C@H]2NC(=O)/C=C/CC([C@H](C)[C@@H]3O[C@H]3c3ccc(CCC(=O)OCc4ccc(NC(=O)[C@H](CCCNC(N)=O)CC(=O)[C@@H](NC(=O)CCCC(=O)ON5C(=O)CCC5=O)C(C)C)cc4)cc3)OC(=O)[C@H](CC(C)C)OC(=O)C(C)(C)CNC2=O)cc1Cl. The number of nitrogens with two attached hydrogens (primary N) is 1. The molecular formula is C67H86ClN7O18. The fourth-order valence-electron chi connectivity index (χ4n) is 10.4. The van der Waals surface area contributed by atoms with Crippen LogP contribution < -0.4 is 37.1 Å². The van der Waals surface area contributed by atoms with E-state index in [2.05, 4.69) is 26.6 Å². The Kier molecular flexibility index (Phi) is 27.5. The molecule has 2 saturated heterocycles. The highest BCUT2D eigenvalue weighted by Gasteiger charge is 2.48. The number of halogens is 1. The number of epoxide rings is 1. The lowest BCUT2D eigenvalue weighted by Gasteiger charge is -2.29. The van der Waals surface area contributed by atoms with Crippen molar-refractivity contribution in [1.82, 2.24) is 26.3 Å². The molecule has 0 aromatic heterocycles. The highest BCUT2D eigenvalue weighted by molar-refractivity contribution is 6.32. The van der Waals surface area contributed by atoms with Gasteiger partial charge in [-0.15, -0.1) is 5.06 Å². The summed E-state index contributed by atoms with van der Waals surface area (Å²) in [5, 5.41) is 14.3. The number of benzene rings is 3. The smallest absolute Gasteiger partial charge is 0.347 e. The number of carbonyl (C=O) groups is 12. The number of carbonyl (C=O) groups excluding carboxylic acids is 12. The van der Waals surface area contributed by atoms with Crippen molar-refractivity contribution in [2.45, 2.75) is 175 Å². The van der Waals surface area contributed by atoms with Crippen molar-refractivity contribution >= 4 is 88.4 Å². The maximum Gasteiger partial charge on any atom is 0.347 e. The maximum atomic E-state index is 14.0. The first-order valence-electron chi connectivity index (χ1n) is 31.3. The van der Waals surface area contributed by atoms with Crippen LogP contribution in [-0.2, 0) is 96.0 Å². The molecular weight excluding hydrogens is 1230 g/mol. The topological polar surface area (TPSA) is 353 Å². The standard InChI is InChI=1S/C67H86ClN7O18/c1-38(2)32-52-64(85)90-50(13-9-14-53(77)73-48(34-43-21-27-51(88-8)47(68)33-43)63(84)71-37-67(6,7)65(86)91-52)40(5)60-61(92-60)44-23-17-41(18-24-44)22-30-57(81)89-36-42-19-25-46(26-20-42)72-62(83)45(12-11-31-70-66(69)87)35-49(76)59(39(3)4)74-54(78)15-10-16-58(82)93-75-55(79)28-29-56(75)80/h9,14,17-21,23-27,33,38-40,45,48,50,52,59-61H,10-13,15-16,22,28-32,34-37H2,1-8H3,(H,71,84)(H,72,83)(H,73,77)(H,74,78)(H3,69,70,87)/b14-9+/t40-,45+,48+,50?,52-,59-,60-,61-/m0/s1. The van der Waals surface area contributed by atoms with Gasteiger partial charge in [-0.05, 0) is 110 Å². The summed E-state index contributed by atoms with van der Waals surface area (Å²) < 4.78 is 29.1. The molecule has 0 radical (unpaired) electrons. The number of esters is 3. The normalized spacial score (nSPS) is 20.6. The first-order valence-corrected chi connectivity index (χ1v) is 31.7. The molecule has 3 aromatic carbocycles. The number of hydroxylamine groups is 2. The van der Waals surface area contributed by atoms with Crippen molar-refractivity contribution in [2.75, 3.05) is 25.5 Å². The Balaban J connectivity index is 1.000. The van der Waals surface area contributed by atoms with E-state index >= 15 is 0 Å². The first kappa shape index (κ1) is 73.3. The molecule has 2 fully saturated rings. The number of imide groups is 1. The Morgan fingerprint density at radius 2 is 1.51 bits per heavy atom. The predicted octanol–water partition coefficient (Wildman–Crippen LogP) is 6.68. The quantitative estimate of drug-likeness (QED) is 0.0139. The maximum absolute atomic E-state index is 14.0. The molecule has 0 bridgehead atoms. The molecule has 0 saturated carbocycles. The molecule has 8 amide bonds. The van der Waals surface area contributed by atoms with Gasteiger partial charge >= 0.3 is 29.9 Å². The number of primary amides is 1. The minimum absolute atomic E-state index is 0.0114. The first-order chi connectivity index (χ1) is 44.1. The van der Waals surface area contributed by atoms with Crippen molar-refractivity contribution in [2.24, 2.45) is 34.8 Å². The summed E-state index contributed by atoms with van der Waals surface area (Å²) in [6, 6.07) is 16.4. The number of hydrogen-bond acceptors (Lipinski definition) is 18. The van der Waals surface area contributed by atoms with Gasteiger partial charge in [-0.3, -0.25) is 43.2 Å². The van der Waals surface area contributed by atoms with Crippen LogP contribution in [0.2, 0.25) is 5.02 Å². The average molecular weight is 1310 g/mol. The van der Waals surface area contributed by atoms with Crippen LogP contribution in [0, 0.1) is 29.1 Å². The fourth-order valence-corrected chi connectivity index (χ4v) is 10.7. The van der Waals surface area contributed by atoms with E-state index in [1.54, 1.807) is 76.2 Å². The monoisotopic (exact) mass is 1310 g/mol. The highest BCUT2D eigenvalue weighted by atomic mass is 35.5. The Hall–Kier alpha value is -8.71. The van der Waals surface area contributed by atoms with Gasteiger partial charge in [0.2, 0.25) is 23.6 Å². The van der Waals surface area contributed by atoms with Crippen LogP contribution in [0.15, 0.2) is 78.9 Å². The Morgan fingerprint density at radius 3 is 2.15 bits per heavy atom. The number of cyclic esters (lactones) is 2. The fraction of sp³-hybridized carbons (Fsp3) is 0.522. The number of methoxy groups -OCH3 is 1. The van der Waals surface area contributed by atoms with Gasteiger partial charge in [0.05, 0.1) is 29.7 Å². The summed E-state index contributed by atoms with van der Waals surface area (Å²) in [4.78, 5) is 160. The van der Waals surface area contributed by atoms with Gasteiger partial charge in [-0.1, -0.05) is 94.8 Å². The second-order valence-corrected chi connectivity index (χ2v) is 25.3. The number of urea groups is 1. The highest BCUT2D eigenvalue weighted by Crippen LogP contribution is 2.45. The zero-order valence-electron chi connectivity index (χ0n) is 53.8. The largest absolute Gasteiger partial charge is 0.495 e. The molecule has 3 aliphatic heterocycles. The van der Waals surface area contributed by atoms with E-state index in [0.717, 1.165) is 11.1 Å². The van der Waals surface area contributed by atoms with Crippen LogP contribution in [0.1, 0.15) is 147 Å². The van der Waals surface area contributed by atoms with Crippen molar-refractivity contribution in [3.8, 4) is 5.75 Å². The van der Waals surface area contributed by atoms with E-state index in [4.69, 9.17) is 45.9 Å². The Labute approximate surface area is 545 Å². The number of rotatable bonds is 29. The molecule has 504 valence electrons. The third kappa shape index (κ3) is 23.1. The number of amides is 8. The zero-order chi connectivity index (χ0) is 68.1. The number of ether oxygens (including phenoxy) is 5. The number of ketones is 1. The summed E-state index contributed by atoms with van der Waals surface area (Å²) >= 11 is 6.39. The van der Waals surface area contributed by atoms with Crippen molar-refractivity contribution < 1.29 is 86.1 Å². The van der Waals surface area contributed by atoms with Crippen LogP contribution >= 0.6 is 11.6 Å². The molecule has 25 nitrogen and oxygen atoms in total. The molecule has 0 spiro atoms. The molecule has 93 heavy (non-hydrogen) atoms. The van der Waals surface area contributed by atoms with Crippen molar-refractivity contribution in [1.29, 1.82) is 0 Å². The van der Waals surface area contributed by atoms with E-state index < -0.39 is 119 Å².